The van der Waals surface area contributed by atoms with Gasteiger partial charge in [-0.05, 0) is 49.6 Å². The molecule has 0 fully saturated rings. The van der Waals surface area contributed by atoms with E-state index >= 15 is 0 Å². The Balaban J connectivity index is 3.21. The monoisotopic (exact) mass is 281 g/mol. The Morgan fingerprint density at radius 3 is 2.45 bits per heavy atom. The van der Waals surface area contributed by atoms with Crippen molar-refractivity contribution in [2.45, 2.75) is 6.54 Å². The van der Waals surface area contributed by atoms with Crippen LogP contribution >= 0.6 is 31.9 Å². The van der Waals surface area contributed by atoms with E-state index in [1.54, 1.807) is 6.07 Å². The molecular formula is C7H6Br2FN. The molecular weight excluding hydrogens is 277 g/mol. The lowest BCUT2D eigenvalue weighted by molar-refractivity contribution is 0.617. The minimum atomic E-state index is -0.292. The molecule has 0 unspecified atom stereocenters. The molecule has 0 amide bonds. The summed E-state index contributed by atoms with van der Waals surface area (Å²) in [4.78, 5) is 0. The summed E-state index contributed by atoms with van der Waals surface area (Å²) in [5.41, 5.74) is 6.11. The quantitative estimate of drug-likeness (QED) is 0.788. The maximum Gasteiger partial charge on any atom is 0.138 e. The van der Waals surface area contributed by atoms with E-state index in [0.29, 0.717) is 15.5 Å². The lowest BCUT2D eigenvalue weighted by atomic mass is 10.2. The number of rotatable bonds is 1. The fraction of sp³-hybridized carbons (Fsp3) is 0.143. The summed E-state index contributed by atoms with van der Waals surface area (Å²) in [7, 11) is 0. The molecule has 60 valence electrons. The summed E-state index contributed by atoms with van der Waals surface area (Å²) < 4.78 is 14.0. The number of halogens is 3. The highest BCUT2D eigenvalue weighted by Gasteiger charge is 2.04. The van der Waals surface area contributed by atoms with Gasteiger partial charge in [-0.15, -0.1) is 0 Å². The second-order valence-corrected chi connectivity index (χ2v) is 3.72. The first-order chi connectivity index (χ1) is 5.15. The van der Waals surface area contributed by atoms with Crippen LogP contribution in [0.1, 0.15) is 5.56 Å². The molecule has 0 bridgehead atoms. The normalized spacial score (nSPS) is 10.2. The Morgan fingerprint density at radius 2 is 2.00 bits per heavy atom. The first kappa shape index (κ1) is 9.16. The molecule has 0 saturated carbocycles. The second kappa shape index (κ2) is 3.65. The second-order valence-electron chi connectivity index (χ2n) is 2.08. The Labute approximate surface area is 81.0 Å². The molecule has 0 saturated heterocycles. The Hall–Kier alpha value is 0.0700. The van der Waals surface area contributed by atoms with Gasteiger partial charge in [0.05, 0.1) is 4.47 Å². The lowest BCUT2D eigenvalue weighted by Gasteiger charge is -2.01. The summed E-state index contributed by atoms with van der Waals surface area (Å²) in [5, 5.41) is 0. The van der Waals surface area contributed by atoms with E-state index < -0.39 is 0 Å². The van der Waals surface area contributed by atoms with Crippen LogP contribution < -0.4 is 5.73 Å². The number of hydrogen-bond acceptors (Lipinski definition) is 1. The SMILES string of the molecule is NCc1cc(F)c(Br)c(Br)c1. The van der Waals surface area contributed by atoms with Crippen LogP contribution in [-0.4, -0.2) is 0 Å². The number of hydrogen-bond donors (Lipinski definition) is 1. The van der Waals surface area contributed by atoms with Gasteiger partial charge in [0.15, 0.2) is 0 Å². The highest BCUT2D eigenvalue weighted by Crippen LogP contribution is 2.26. The van der Waals surface area contributed by atoms with Crippen LogP contribution in [0.25, 0.3) is 0 Å². The summed E-state index contributed by atoms with van der Waals surface area (Å²) in [6.45, 7) is 0.350. The van der Waals surface area contributed by atoms with Crippen molar-refractivity contribution in [3.05, 3.63) is 32.5 Å². The van der Waals surface area contributed by atoms with Gasteiger partial charge in [0.25, 0.3) is 0 Å². The molecule has 0 aliphatic heterocycles. The van der Waals surface area contributed by atoms with Gasteiger partial charge in [-0.3, -0.25) is 0 Å². The van der Waals surface area contributed by atoms with Gasteiger partial charge in [0.1, 0.15) is 5.82 Å². The van der Waals surface area contributed by atoms with Crippen LogP contribution in [0.4, 0.5) is 4.39 Å². The third-order valence-corrected chi connectivity index (χ3v) is 3.24. The van der Waals surface area contributed by atoms with Crippen molar-refractivity contribution in [2.24, 2.45) is 5.73 Å². The van der Waals surface area contributed by atoms with Crippen LogP contribution in [0.2, 0.25) is 0 Å². The summed E-state index contributed by atoms with van der Waals surface area (Å²) >= 11 is 6.27. The van der Waals surface area contributed by atoms with E-state index in [0.717, 1.165) is 5.56 Å². The van der Waals surface area contributed by atoms with E-state index in [1.165, 1.54) is 6.07 Å². The Bertz CT molecular complexity index is 252. The zero-order valence-corrected chi connectivity index (χ0v) is 8.75. The zero-order chi connectivity index (χ0) is 8.43. The number of nitrogens with two attached hydrogens (primary N) is 1. The van der Waals surface area contributed by atoms with Crippen LogP contribution in [-0.2, 0) is 6.54 Å². The molecule has 0 atom stereocenters. The summed E-state index contributed by atoms with van der Waals surface area (Å²) in [6.07, 6.45) is 0. The van der Waals surface area contributed by atoms with Crippen molar-refractivity contribution in [2.75, 3.05) is 0 Å². The van der Waals surface area contributed by atoms with Crippen LogP contribution in [0.15, 0.2) is 21.1 Å². The fourth-order valence-electron chi connectivity index (χ4n) is 0.726. The summed E-state index contributed by atoms with van der Waals surface area (Å²) in [5.74, 6) is -0.292. The molecule has 1 aromatic carbocycles. The highest BCUT2D eigenvalue weighted by atomic mass is 79.9. The molecule has 1 nitrogen and oxygen atoms in total. The molecule has 0 aliphatic carbocycles. The van der Waals surface area contributed by atoms with E-state index in [-0.39, 0.29) is 5.82 Å². The predicted octanol–water partition coefficient (Wildman–Crippen LogP) is 2.81. The van der Waals surface area contributed by atoms with Gasteiger partial charge in [-0.25, -0.2) is 4.39 Å². The van der Waals surface area contributed by atoms with Crippen LogP contribution in [0.3, 0.4) is 0 Å². The number of benzene rings is 1. The van der Waals surface area contributed by atoms with Crippen molar-refractivity contribution in [1.29, 1.82) is 0 Å². The first-order valence-electron chi connectivity index (χ1n) is 2.98. The third kappa shape index (κ3) is 2.01. The smallest absolute Gasteiger partial charge is 0.138 e. The maximum atomic E-state index is 12.9. The van der Waals surface area contributed by atoms with E-state index in [2.05, 4.69) is 31.9 Å². The van der Waals surface area contributed by atoms with Gasteiger partial charge < -0.3 is 5.73 Å². The molecule has 0 aromatic heterocycles. The zero-order valence-electron chi connectivity index (χ0n) is 5.57. The molecule has 0 spiro atoms. The average Bonchev–Trinajstić information content (AvgIpc) is 1.99. The highest BCUT2D eigenvalue weighted by molar-refractivity contribution is 9.13. The van der Waals surface area contributed by atoms with Crippen molar-refractivity contribution in [3.63, 3.8) is 0 Å². The van der Waals surface area contributed by atoms with Crippen molar-refractivity contribution < 1.29 is 4.39 Å². The van der Waals surface area contributed by atoms with Gasteiger partial charge in [-0.2, -0.15) is 0 Å². The third-order valence-electron chi connectivity index (χ3n) is 1.28. The molecule has 1 aromatic rings. The van der Waals surface area contributed by atoms with Crippen LogP contribution in [0.5, 0.6) is 0 Å². The van der Waals surface area contributed by atoms with Gasteiger partial charge in [0.2, 0.25) is 0 Å². The fourth-order valence-corrected chi connectivity index (χ4v) is 1.44. The molecule has 0 radical (unpaired) electrons. The molecule has 0 heterocycles. The van der Waals surface area contributed by atoms with Crippen LogP contribution in [0, 0.1) is 5.82 Å². The average molecular weight is 283 g/mol. The van der Waals surface area contributed by atoms with E-state index in [9.17, 15) is 4.39 Å². The van der Waals surface area contributed by atoms with E-state index in [1.807, 2.05) is 0 Å². The summed E-state index contributed by atoms with van der Waals surface area (Å²) in [6, 6.07) is 3.20. The minimum absolute atomic E-state index is 0.292. The van der Waals surface area contributed by atoms with Gasteiger partial charge in [0, 0.05) is 11.0 Å². The Morgan fingerprint density at radius 1 is 1.36 bits per heavy atom. The predicted molar refractivity (Wildman–Crippen MR) is 49.7 cm³/mol. The largest absolute Gasteiger partial charge is 0.326 e. The van der Waals surface area contributed by atoms with Gasteiger partial charge >= 0.3 is 0 Å². The van der Waals surface area contributed by atoms with Crippen molar-refractivity contribution in [3.8, 4) is 0 Å². The van der Waals surface area contributed by atoms with Crippen molar-refractivity contribution >= 4 is 31.9 Å². The minimum Gasteiger partial charge on any atom is -0.326 e. The van der Waals surface area contributed by atoms with Crippen molar-refractivity contribution in [1.82, 2.24) is 0 Å². The molecule has 2 N–H and O–H groups in total. The molecule has 1 rings (SSSR count). The standard InChI is InChI=1S/C7H6Br2FN/c8-5-1-4(3-11)2-6(10)7(5)9/h1-2H,3,11H2. The lowest BCUT2D eigenvalue weighted by Crippen LogP contribution is -1.97. The van der Waals surface area contributed by atoms with E-state index in [4.69, 9.17) is 5.73 Å². The topological polar surface area (TPSA) is 26.0 Å². The Kier molecular flexibility index (Phi) is 3.04. The molecule has 11 heavy (non-hydrogen) atoms. The molecule has 0 aliphatic rings. The van der Waals surface area contributed by atoms with Gasteiger partial charge in [-0.1, -0.05) is 0 Å². The first-order valence-corrected chi connectivity index (χ1v) is 4.57. The molecule has 4 heteroatoms. The maximum absolute atomic E-state index is 12.9.